The summed E-state index contributed by atoms with van der Waals surface area (Å²) in [5.74, 6) is 1.84. The van der Waals surface area contributed by atoms with Crippen molar-refractivity contribution < 1.29 is 18.9 Å². The van der Waals surface area contributed by atoms with Gasteiger partial charge in [-0.1, -0.05) is 0 Å². The molecule has 1 rings (SSSR count). The molecule has 13 heavy (non-hydrogen) atoms. The molecule has 0 aliphatic carbocycles. The van der Waals surface area contributed by atoms with Crippen molar-refractivity contribution in [1.82, 2.24) is 0 Å². The molecule has 1 radical (unpaired) electrons. The summed E-state index contributed by atoms with van der Waals surface area (Å²) < 4.78 is 15.2. The number of hydrogen-bond donors (Lipinski definition) is 0. The average Bonchev–Trinajstić information content (AvgIpc) is 2.16. The van der Waals surface area contributed by atoms with Crippen LogP contribution in [0.25, 0.3) is 0 Å². The number of hydrogen-bond acceptors (Lipinski definition) is 3. The molecular formula is C9H12FO3. The van der Waals surface area contributed by atoms with Gasteiger partial charge in [0.2, 0.25) is 5.75 Å². The normalized spacial score (nSPS) is 8.54. The third kappa shape index (κ3) is 2.24. The zero-order valence-corrected chi connectivity index (χ0v) is 7.79. The molecule has 0 bridgehead atoms. The lowest BCUT2D eigenvalue weighted by Gasteiger charge is -2.10. The smallest absolute Gasteiger partial charge is 0.203 e. The Labute approximate surface area is 76.6 Å². The zero-order chi connectivity index (χ0) is 8.97. The summed E-state index contributed by atoms with van der Waals surface area (Å²) in [5.41, 5.74) is 0. The van der Waals surface area contributed by atoms with Crippen LogP contribution < -0.4 is 14.2 Å². The lowest BCUT2D eigenvalue weighted by Crippen LogP contribution is -1.93. The second kappa shape index (κ2) is 5.24. The zero-order valence-electron chi connectivity index (χ0n) is 7.79. The Morgan fingerprint density at radius 1 is 0.923 bits per heavy atom. The number of halogens is 1. The summed E-state index contributed by atoms with van der Waals surface area (Å²) in [7, 11) is 4.72. The van der Waals surface area contributed by atoms with Crippen LogP contribution in [0.15, 0.2) is 12.1 Å². The first-order valence-corrected chi connectivity index (χ1v) is 3.49. The lowest BCUT2D eigenvalue weighted by molar-refractivity contribution is 0.324. The maximum absolute atomic E-state index is 5.09. The monoisotopic (exact) mass is 187 g/mol. The van der Waals surface area contributed by atoms with Gasteiger partial charge >= 0.3 is 0 Å². The first-order valence-electron chi connectivity index (χ1n) is 3.49. The molecule has 0 amide bonds. The lowest BCUT2D eigenvalue weighted by atomic mass is 10.3. The van der Waals surface area contributed by atoms with Gasteiger partial charge in [0.25, 0.3) is 0 Å². The third-order valence-corrected chi connectivity index (χ3v) is 1.52. The number of benzene rings is 1. The molecule has 0 spiro atoms. The molecule has 1 aromatic carbocycles. The van der Waals surface area contributed by atoms with Crippen molar-refractivity contribution in [3.05, 3.63) is 18.2 Å². The van der Waals surface area contributed by atoms with Gasteiger partial charge in [-0.2, -0.15) is 0 Å². The highest BCUT2D eigenvalue weighted by Crippen LogP contribution is 2.35. The quantitative estimate of drug-likeness (QED) is 0.720. The standard InChI is InChI=1S/C9H11O3.FH/c1-10-7-5-4-6-8(11-2)9(7)12-3;/h5-6H,1-3H3;1H. The molecule has 0 aliphatic heterocycles. The van der Waals surface area contributed by atoms with Crippen LogP contribution in [0, 0.1) is 6.07 Å². The summed E-state index contributed by atoms with van der Waals surface area (Å²) >= 11 is 0. The van der Waals surface area contributed by atoms with Crippen molar-refractivity contribution in [1.29, 1.82) is 0 Å². The highest BCUT2D eigenvalue weighted by Gasteiger charge is 2.08. The maximum atomic E-state index is 5.09. The van der Waals surface area contributed by atoms with Crippen molar-refractivity contribution in [3.8, 4) is 17.2 Å². The van der Waals surface area contributed by atoms with Gasteiger partial charge in [-0.05, 0) is 18.2 Å². The fourth-order valence-corrected chi connectivity index (χ4v) is 0.950. The highest BCUT2D eigenvalue weighted by atomic mass is 19.0. The van der Waals surface area contributed by atoms with Gasteiger partial charge in [0.1, 0.15) is 0 Å². The molecular weight excluding hydrogens is 175 g/mol. The van der Waals surface area contributed by atoms with E-state index in [0.29, 0.717) is 17.2 Å². The molecule has 73 valence electrons. The van der Waals surface area contributed by atoms with E-state index in [-0.39, 0.29) is 4.70 Å². The Morgan fingerprint density at radius 3 is 1.69 bits per heavy atom. The summed E-state index contributed by atoms with van der Waals surface area (Å²) in [6, 6.07) is 6.27. The van der Waals surface area contributed by atoms with Crippen LogP contribution in [-0.4, -0.2) is 21.3 Å². The van der Waals surface area contributed by atoms with Gasteiger partial charge in [0, 0.05) is 0 Å². The third-order valence-electron chi connectivity index (χ3n) is 1.52. The van der Waals surface area contributed by atoms with Crippen molar-refractivity contribution in [3.63, 3.8) is 0 Å². The van der Waals surface area contributed by atoms with Crippen LogP contribution in [-0.2, 0) is 0 Å². The van der Waals surface area contributed by atoms with E-state index >= 15 is 0 Å². The van der Waals surface area contributed by atoms with E-state index < -0.39 is 0 Å². The van der Waals surface area contributed by atoms with Crippen LogP contribution in [0.2, 0.25) is 0 Å². The fraction of sp³-hybridized carbons (Fsp3) is 0.333. The minimum Gasteiger partial charge on any atom is -0.493 e. The Hall–Kier alpha value is -1.45. The van der Waals surface area contributed by atoms with E-state index in [9.17, 15) is 0 Å². The first kappa shape index (κ1) is 11.6. The minimum absolute atomic E-state index is 0. The second-order valence-corrected chi connectivity index (χ2v) is 2.13. The molecule has 0 saturated carbocycles. The van der Waals surface area contributed by atoms with E-state index in [2.05, 4.69) is 6.07 Å². The topological polar surface area (TPSA) is 27.7 Å². The molecule has 0 N–H and O–H groups in total. The Kier molecular flexibility index (Phi) is 4.66. The van der Waals surface area contributed by atoms with Crippen LogP contribution in [0.3, 0.4) is 0 Å². The number of rotatable bonds is 3. The molecule has 0 fully saturated rings. The van der Waals surface area contributed by atoms with E-state index in [4.69, 9.17) is 14.2 Å². The van der Waals surface area contributed by atoms with E-state index in [1.807, 2.05) is 0 Å². The Balaban J connectivity index is 0.00000144. The van der Waals surface area contributed by atoms with Gasteiger partial charge in [0.15, 0.2) is 11.5 Å². The van der Waals surface area contributed by atoms with Gasteiger partial charge in [-0.25, -0.2) is 0 Å². The minimum atomic E-state index is 0. The van der Waals surface area contributed by atoms with Crippen LogP contribution >= 0.6 is 0 Å². The summed E-state index contributed by atoms with van der Waals surface area (Å²) in [6.45, 7) is 0. The average molecular weight is 187 g/mol. The highest BCUT2D eigenvalue weighted by molar-refractivity contribution is 5.50. The van der Waals surface area contributed by atoms with Gasteiger partial charge in [-0.3, -0.25) is 4.70 Å². The van der Waals surface area contributed by atoms with Gasteiger partial charge in [-0.15, -0.1) is 0 Å². The summed E-state index contributed by atoms with van der Waals surface area (Å²) in [4.78, 5) is 0. The predicted molar refractivity (Wildman–Crippen MR) is 47.4 cm³/mol. The van der Waals surface area contributed by atoms with Crippen molar-refractivity contribution in [2.24, 2.45) is 0 Å². The predicted octanol–water partition coefficient (Wildman–Crippen LogP) is 1.67. The molecule has 0 aliphatic rings. The second-order valence-electron chi connectivity index (χ2n) is 2.13. The number of methoxy groups -OCH3 is 3. The van der Waals surface area contributed by atoms with Crippen molar-refractivity contribution >= 4 is 0 Å². The van der Waals surface area contributed by atoms with Crippen molar-refractivity contribution in [2.75, 3.05) is 21.3 Å². The molecule has 1 aromatic rings. The van der Waals surface area contributed by atoms with Crippen LogP contribution in [0.5, 0.6) is 17.2 Å². The molecule has 3 nitrogen and oxygen atoms in total. The molecule has 0 atom stereocenters. The maximum Gasteiger partial charge on any atom is 0.203 e. The summed E-state index contributed by atoms with van der Waals surface area (Å²) in [5, 5.41) is 0. The molecule has 4 heteroatoms. The summed E-state index contributed by atoms with van der Waals surface area (Å²) in [6.07, 6.45) is 0. The van der Waals surface area contributed by atoms with Crippen LogP contribution in [0.4, 0.5) is 4.70 Å². The van der Waals surface area contributed by atoms with E-state index in [1.54, 1.807) is 33.5 Å². The molecule has 0 heterocycles. The van der Waals surface area contributed by atoms with E-state index in [0.717, 1.165) is 0 Å². The van der Waals surface area contributed by atoms with Gasteiger partial charge < -0.3 is 14.2 Å². The van der Waals surface area contributed by atoms with Gasteiger partial charge in [0.05, 0.1) is 21.3 Å². The fourth-order valence-electron chi connectivity index (χ4n) is 0.950. The molecule has 0 aromatic heterocycles. The molecule has 0 unspecified atom stereocenters. The van der Waals surface area contributed by atoms with Crippen molar-refractivity contribution in [2.45, 2.75) is 0 Å². The Bertz CT molecular complexity index is 241. The largest absolute Gasteiger partial charge is 0.493 e. The SMILES string of the molecule is COc1c[c]cc(OC)c1OC.F. The molecule has 0 saturated heterocycles. The number of ether oxygens (including phenoxy) is 3. The van der Waals surface area contributed by atoms with Crippen LogP contribution in [0.1, 0.15) is 0 Å². The first-order chi connectivity index (χ1) is 5.83. The Morgan fingerprint density at radius 2 is 1.38 bits per heavy atom. The van der Waals surface area contributed by atoms with E-state index in [1.165, 1.54) is 0 Å².